The van der Waals surface area contributed by atoms with Gasteiger partial charge in [-0.25, -0.2) is 0 Å². The summed E-state index contributed by atoms with van der Waals surface area (Å²) >= 11 is 0. The lowest BCUT2D eigenvalue weighted by Gasteiger charge is -2.29. The molecular formula is C18H26N2O2. The average molecular weight is 302 g/mol. The molecule has 0 saturated heterocycles. The van der Waals surface area contributed by atoms with Crippen LogP contribution in [0.5, 0.6) is 0 Å². The van der Waals surface area contributed by atoms with Crippen LogP contribution >= 0.6 is 0 Å². The van der Waals surface area contributed by atoms with Gasteiger partial charge in [-0.3, -0.25) is 9.59 Å². The number of benzene rings is 1. The highest BCUT2D eigenvalue weighted by atomic mass is 16.2. The zero-order chi connectivity index (χ0) is 16.8. The SMILES string of the molecule is C=CCNC(=O)CCN(C(C)=O)c1ccccc1C(C)(C)C. The van der Waals surface area contributed by atoms with E-state index >= 15 is 0 Å². The van der Waals surface area contributed by atoms with Crippen LogP contribution in [0.25, 0.3) is 0 Å². The minimum absolute atomic E-state index is 0.0618. The van der Waals surface area contributed by atoms with E-state index in [1.165, 1.54) is 6.92 Å². The number of hydrogen-bond donors (Lipinski definition) is 1. The normalized spacial score (nSPS) is 10.9. The van der Waals surface area contributed by atoms with Crippen molar-refractivity contribution in [3.8, 4) is 0 Å². The van der Waals surface area contributed by atoms with E-state index in [0.717, 1.165) is 11.3 Å². The van der Waals surface area contributed by atoms with Gasteiger partial charge in [0.15, 0.2) is 0 Å². The van der Waals surface area contributed by atoms with Gasteiger partial charge in [0.2, 0.25) is 11.8 Å². The number of nitrogens with one attached hydrogen (secondary N) is 1. The minimum Gasteiger partial charge on any atom is -0.353 e. The highest BCUT2D eigenvalue weighted by Crippen LogP contribution is 2.32. The summed E-state index contributed by atoms with van der Waals surface area (Å²) in [5.41, 5.74) is 1.89. The third kappa shape index (κ3) is 5.02. The zero-order valence-electron chi connectivity index (χ0n) is 14.0. The fourth-order valence-corrected chi connectivity index (χ4v) is 2.28. The van der Waals surface area contributed by atoms with E-state index in [9.17, 15) is 9.59 Å². The van der Waals surface area contributed by atoms with E-state index in [4.69, 9.17) is 0 Å². The fourth-order valence-electron chi connectivity index (χ4n) is 2.28. The van der Waals surface area contributed by atoms with Gasteiger partial charge in [0.25, 0.3) is 0 Å². The standard InChI is InChI=1S/C18H26N2O2/c1-6-12-19-17(22)11-13-20(14(2)21)16-10-8-7-9-15(16)18(3,4)5/h6-10H,1,11-13H2,2-5H3,(H,19,22). The number of hydrogen-bond acceptors (Lipinski definition) is 2. The molecule has 0 unspecified atom stereocenters. The molecular weight excluding hydrogens is 276 g/mol. The van der Waals surface area contributed by atoms with Gasteiger partial charge in [-0.15, -0.1) is 6.58 Å². The molecule has 0 bridgehead atoms. The Morgan fingerprint density at radius 3 is 2.45 bits per heavy atom. The van der Waals surface area contributed by atoms with Crippen LogP contribution in [0, 0.1) is 0 Å². The maximum absolute atomic E-state index is 12.0. The minimum atomic E-state index is -0.0839. The molecule has 2 amide bonds. The van der Waals surface area contributed by atoms with Crippen LogP contribution in [0.4, 0.5) is 5.69 Å². The van der Waals surface area contributed by atoms with Crippen LogP contribution in [0.15, 0.2) is 36.9 Å². The van der Waals surface area contributed by atoms with E-state index in [1.807, 2.05) is 24.3 Å². The number of anilines is 1. The van der Waals surface area contributed by atoms with Crippen molar-refractivity contribution in [2.45, 2.75) is 39.5 Å². The number of amides is 2. The van der Waals surface area contributed by atoms with Crippen molar-refractivity contribution in [3.63, 3.8) is 0 Å². The Hall–Kier alpha value is -2.10. The summed E-state index contributed by atoms with van der Waals surface area (Å²) in [7, 11) is 0. The van der Waals surface area contributed by atoms with Crippen LogP contribution in [-0.4, -0.2) is 24.9 Å². The lowest BCUT2D eigenvalue weighted by molar-refractivity contribution is -0.120. The van der Waals surface area contributed by atoms with Gasteiger partial charge < -0.3 is 10.2 Å². The Labute approximate surface area is 133 Å². The largest absolute Gasteiger partial charge is 0.353 e. The molecule has 0 saturated carbocycles. The topological polar surface area (TPSA) is 49.4 Å². The molecule has 0 aliphatic rings. The highest BCUT2D eigenvalue weighted by molar-refractivity contribution is 5.93. The first-order valence-corrected chi connectivity index (χ1v) is 7.52. The molecule has 1 N–H and O–H groups in total. The Morgan fingerprint density at radius 1 is 1.27 bits per heavy atom. The number of para-hydroxylation sites is 1. The molecule has 0 aliphatic carbocycles. The molecule has 1 aromatic rings. The molecule has 0 spiro atoms. The third-order valence-electron chi connectivity index (χ3n) is 3.39. The Kier molecular flexibility index (Phi) is 6.35. The van der Waals surface area contributed by atoms with Crippen molar-refractivity contribution in [2.75, 3.05) is 18.0 Å². The van der Waals surface area contributed by atoms with Gasteiger partial charge in [0.1, 0.15) is 0 Å². The number of carbonyl (C=O) groups excluding carboxylic acids is 2. The molecule has 120 valence electrons. The van der Waals surface area contributed by atoms with Crippen molar-refractivity contribution in [1.29, 1.82) is 0 Å². The van der Waals surface area contributed by atoms with Crippen LogP contribution < -0.4 is 10.2 Å². The first-order chi connectivity index (χ1) is 10.3. The summed E-state index contributed by atoms with van der Waals surface area (Å²) in [4.78, 5) is 25.4. The average Bonchev–Trinajstić information content (AvgIpc) is 2.44. The molecule has 0 heterocycles. The van der Waals surface area contributed by atoms with Gasteiger partial charge in [0.05, 0.1) is 0 Å². The monoisotopic (exact) mass is 302 g/mol. The molecule has 0 radical (unpaired) electrons. The molecule has 0 aromatic heterocycles. The molecule has 0 aliphatic heterocycles. The smallest absolute Gasteiger partial charge is 0.223 e. The first kappa shape index (κ1) is 18.0. The predicted molar refractivity (Wildman–Crippen MR) is 91.0 cm³/mol. The Balaban J connectivity index is 2.95. The zero-order valence-corrected chi connectivity index (χ0v) is 14.0. The van der Waals surface area contributed by atoms with E-state index < -0.39 is 0 Å². The lowest BCUT2D eigenvalue weighted by atomic mass is 9.85. The van der Waals surface area contributed by atoms with Crippen LogP contribution in [-0.2, 0) is 15.0 Å². The van der Waals surface area contributed by atoms with Gasteiger partial charge in [-0.1, -0.05) is 45.0 Å². The number of nitrogens with zero attached hydrogens (tertiary/aromatic N) is 1. The van der Waals surface area contributed by atoms with Crippen LogP contribution in [0.3, 0.4) is 0 Å². The van der Waals surface area contributed by atoms with Gasteiger partial charge in [-0.05, 0) is 17.0 Å². The number of carbonyl (C=O) groups is 2. The predicted octanol–water partition coefficient (Wildman–Crippen LogP) is 3.03. The third-order valence-corrected chi connectivity index (χ3v) is 3.39. The van der Waals surface area contributed by atoms with Crippen LogP contribution in [0.2, 0.25) is 0 Å². The summed E-state index contributed by atoms with van der Waals surface area (Å²) < 4.78 is 0. The fraction of sp³-hybridized carbons (Fsp3) is 0.444. The Morgan fingerprint density at radius 2 is 1.91 bits per heavy atom. The molecule has 22 heavy (non-hydrogen) atoms. The summed E-state index contributed by atoms with van der Waals surface area (Å²) in [5, 5.41) is 2.73. The van der Waals surface area contributed by atoms with Crippen molar-refractivity contribution < 1.29 is 9.59 Å². The highest BCUT2D eigenvalue weighted by Gasteiger charge is 2.23. The van der Waals surface area contributed by atoms with Gasteiger partial charge >= 0.3 is 0 Å². The molecule has 0 atom stereocenters. The van der Waals surface area contributed by atoms with Crippen molar-refractivity contribution >= 4 is 17.5 Å². The van der Waals surface area contributed by atoms with E-state index in [1.54, 1.807) is 11.0 Å². The van der Waals surface area contributed by atoms with Crippen molar-refractivity contribution in [3.05, 3.63) is 42.5 Å². The van der Waals surface area contributed by atoms with E-state index in [-0.39, 0.29) is 23.7 Å². The summed E-state index contributed by atoms with van der Waals surface area (Å²) in [6.07, 6.45) is 1.90. The maximum atomic E-state index is 12.0. The second-order valence-electron chi connectivity index (χ2n) is 6.28. The summed E-state index contributed by atoms with van der Waals surface area (Å²) in [6, 6.07) is 7.85. The van der Waals surface area contributed by atoms with Gasteiger partial charge in [-0.2, -0.15) is 0 Å². The van der Waals surface area contributed by atoms with Crippen LogP contribution in [0.1, 0.15) is 39.7 Å². The first-order valence-electron chi connectivity index (χ1n) is 7.52. The molecule has 0 fully saturated rings. The lowest BCUT2D eigenvalue weighted by Crippen LogP contribution is -2.35. The summed E-state index contributed by atoms with van der Waals surface area (Å²) in [6.45, 7) is 12.2. The maximum Gasteiger partial charge on any atom is 0.223 e. The molecule has 1 rings (SSSR count). The molecule has 1 aromatic carbocycles. The second-order valence-corrected chi connectivity index (χ2v) is 6.28. The molecule has 4 nitrogen and oxygen atoms in total. The van der Waals surface area contributed by atoms with E-state index in [0.29, 0.717) is 13.1 Å². The second kappa shape index (κ2) is 7.78. The van der Waals surface area contributed by atoms with Gasteiger partial charge in [0, 0.05) is 32.1 Å². The van der Waals surface area contributed by atoms with Crippen molar-refractivity contribution in [1.82, 2.24) is 5.32 Å². The molecule has 4 heteroatoms. The Bertz CT molecular complexity index is 544. The summed E-state index contributed by atoms with van der Waals surface area (Å²) in [5.74, 6) is -0.146. The van der Waals surface area contributed by atoms with Crippen molar-refractivity contribution in [2.24, 2.45) is 0 Å². The quantitative estimate of drug-likeness (QED) is 0.821. The van der Waals surface area contributed by atoms with E-state index in [2.05, 4.69) is 32.7 Å². The number of rotatable bonds is 6.